The molecule has 0 saturated carbocycles. The summed E-state index contributed by atoms with van der Waals surface area (Å²) in [5, 5.41) is 10.3. The third-order valence-electron chi connectivity index (χ3n) is 4.64. The van der Waals surface area contributed by atoms with E-state index in [-0.39, 0.29) is 11.9 Å². The van der Waals surface area contributed by atoms with Crippen molar-refractivity contribution < 1.29 is 4.79 Å². The van der Waals surface area contributed by atoms with Gasteiger partial charge in [-0.2, -0.15) is 5.10 Å². The lowest BCUT2D eigenvalue weighted by Crippen LogP contribution is -2.31. The van der Waals surface area contributed by atoms with Gasteiger partial charge in [0.1, 0.15) is 5.69 Å². The highest BCUT2D eigenvalue weighted by molar-refractivity contribution is 9.10. The number of aryl methyl sites for hydroxylation is 1. The van der Waals surface area contributed by atoms with E-state index < -0.39 is 0 Å². The van der Waals surface area contributed by atoms with Gasteiger partial charge in [-0.15, -0.1) is 0 Å². The molecule has 4 rings (SSSR count). The molecule has 0 fully saturated rings. The van der Waals surface area contributed by atoms with Crippen LogP contribution in [-0.4, -0.2) is 16.1 Å². The van der Waals surface area contributed by atoms with Crippen LogP contribution in [0, 0.1) is 0 Å². The van der Waals surface area contributed by atoms with Gasteiger partial charge in [-0.25, -0.2) is 0 Å². The quantitative estimate of drug-likeness (QED) is 0.677. The number of fused-ring (bicyclic) bond motifs is 1. The van der Waals surface area contributed by atoms with Gasteiger partial charge in [0.2, 0.25) is 0 Å². The maximum Gasteiger partial charge on any atom is 0.269 e. The number of benzene rings is 2. The van der Waals surface area contributed by atoms with E-state index in [1.165, 1.54) is 11.1 Å². The Balaban J connectivity index is 1.52. The van der Waals surface area contributed by atoms with E-state index in [0.29, 0.717) is 5.69 Å². The summed E-state index contributed by atoms with van der Waals surface area (Å²) in [6, 6.07) is 18.1. The molecule has 25 heavy (non-hydrogen) atoms. The van der Waals surface area contributed by atoms with Crippen molar-refractivity contribution >= 4 is 21.8 Å². The van der Waals surface area contributed by atoms with Gasteiger partial charge in [-0.05, 0) is 48.6 Å². The Morgan fingerprint density at radius 3 is 2.80 bits per heavy atom. The molecule has 0 aliphatic heterocycles. The fraction of sp³-hybridized carbons (Fsp3) is 0.200. The average Bonchev–Trinajstić information content (AvgIpc) is 3.13. The first-order valence-electron chi connectivity index (χ1n) is 8.41. The van der Waals surface area contributed by atoms with Crippen LogP contribution in [0.4, 0.5) is 0 Å². The van der Waals surface area contributed by atoms with Gasteiger partial charge in [0.05, 0.1) is 11.7 Å². The molecule has 1 heterocycles. The van der Waals surface area contributed by atoms with Crippen molar-refractivity contribution in [2.45, 2.75) is 25.3 Å². The lowest BCUT2D eigenvalue weighted by atomic mass is 9.87. The van der Waals surface area contributed by atoms with Crippen molar-refractivity contribution in [2.75, 3.05) is 0 Å². The molecular weight excluding hydrogens is 378 g/mol. The number of carbonyl (C=O) groups excluding carboxylic acids is 1. The standard InChI is InChI=1S/C20H18BrN3O/c21-15-10-8-14(9-11-15)18-12-19(24-23-18)20(25)22-17-7-3-5-13-4-1-2-6-16(13)17/h1-2,4,6,8-12,17H,3,5,7H2,(H,22,25)(H,23,24)/t17-/m0/s1. The van der Waals surface area contributed by atoms with Crippen LogP contribution in [0.2, 0.25) is 0 Å². The SMILES string of the molecule is O=C(N[C@H]1CCCc2ccccc21)c1cc(-c2ccc(Br)cc2)n[nH]1. The predicted octanol–water partition coefficient (Wildman–Crippen LogP) is 4.65. The second kappa shape index (κ2) is 6.84. The molecule has 5 heteroatoms. The maximum absolute atomic E-state index is 12.6. The van der Waals surface area contributed by atoms with Gasteiger partial charge < -0.3 is 5.32 Å². The number of amides is 1. The minimum atomic E-state index is -0.113. The van der Waals surface area contributed by atoms with Crippen LogP contribution < -0.4 is 5.32 Å². The first kappa shape index (κ1) is 16.1. The predicted molar refractivity (Wildman–Crippen MR) is 101 cm³/mol. The number of carbonyl (C=O) groups is 1. The Morgan fingerprint density at radius 2 is 1.96 bits per heavy atom. The Bertz CT molecular complexity index is 901. The molecule has 126 valence electrons. The number of H-pyrrole nitrogens is 1. The molecule has 0 spiro atoms. The molecule has 3 aromatic rings. The molecule has 0 saturated heterocycles. The number of hydrogen-bond acceptors (Lipinski definition) is 2. The van der Waals surface area contributed by atoms with Crippen LogP contribution in [0.25, 0.3) is 11.3 Å². The Hall–Kier alpha value is -2.40. The normalized spacial score (nSPS) is 16.3. The third-order valence-corrected chi connectivity index (χ3v) is 5.17. The fourth-order valence-electron chi connectivity index (χ4n) is 3.35. The zero-order valence-corrected chi connectivity index (χ0v) is 15.2. The largest absolute Gasteiger partial charge is 0.344 e. The molecular formula is C20H18BrN3O. The van der Waals surface area contributed by atoms with E-state index >= 15 is 0 Å². The summed E-state index contributed by atoms with van der Waals surface area (Å²) in [5.74, 6) is -0.113. The van der Waals surface area contributed by atoms with Crippen LogP contribution in [-0.2, 0) is 6.42 Å². The minimum absolute atomic E-state index is 0.0666. The number of aromatic nitrogens is 2. The lowest BCUT2D eigenvalue weighted by molar-refractivity contribution is 0.0927. The highest BCUT2D eigenvalue weighted by atomic mass is 79.9. The van der Waals surface area contributed by atoms with E-state index in [9.17, 15) is 4.79 Å². The zero-order valence-electron chi connectivity index (χ0n) is 13.6. The summed E-state index contributed by atoms with van der Waals surface area (Å²) in [5.41, 5.74) is 4.79. The molecule has 1 aromatic heterocycles. The molecule has 0 unspecified atom stereocenters. The van der Waals surface area contributed by atoms with Gasteiger partial charge >= 0.3 is 0 Å². The van der Waals surface area contributed by atoms with Gasteiger partial charge in [0.15, 0.2) is 0 Å². The first-order chi connectivity index (χ1) is 12.2. The Kier molecular flexibility index (Phi) is 4.40. The van der Waals surface area contributed by atoms with Crippen molar-refractivity contribution in [1.29, 1.82) is 0 Å². The van der Waals surface area contributed by atoms with E-state index in [4.69, 9.17) is 0 Å². The number of nitrogens with zero attached hydrogens (tertiary/aromatic N) is 1. The number of aromatic amines is 1. The molecule has 4 nitrogen and oxygen atoms in total. The van der Waals surface area contributed by atoms with Crippen molar-refractivity contribution in [1.82, 2.24) is 15.5 Å². The Labute approximate surface area is 154 Å². The molecule has 1 atom stereocenters. The average molecular weight is 396 g/mol. The summed E-state index contributed by atoms with van der Waals surface area (Å²) in [7, 11) is 0. The van der Waals surface area contributed by atoms with Gasteiger partial charge in [-0.1, -0.05) is 52.3 Å². The van der Waals surface area contributed by atoms with E-state index in [1.807, 2.05) is 30.3 Å². The topological polar surface area (TPSA) is 57.8 Å². The minimum Gasteiger partial charge on any atom is -0.344 e. The van der Waals surface area contributed by atoms with E-state index in [0.717, 1.165) is 35.0 Å². The summed E-state index contributed by atoms with van der Waals surface area (Å²) < 4.78 is 1.01. The van der Waals surface area contributed by atoms with Crippen molar-refractivity contribution in [3.8, 4) is 11.3 Å². The highest BCUT2D eigenvalue weighted by Gasteiger charge is 2.22. The van der Waals surface area contributed by atoms with Crippen LogP contribution in [0.15, 0.2) is 59.1 Å². The van der Waals surface area contributed by atoms with E-state index in [2.05, 4.69) is 49.6 Å². The molecule has 1 aliphatic carbocycles. The smallest absolute Gasteiger partial charge is 0.269 e. The second-order valence-electron chi connectivity index (χ2n) is 6.29. The fourth-order valence-corrected chi connectivity index (χ4v) is 3.61. The lowest BCUT2D eigenvalue weighted by Gasteiger charge is -2.26. The number of hydrogen-bond donors (Lipinski definition) is 2. The van der Waals surface area contributed by atoms with Crippen molar-refractivity contribution in [3.05, 3.63) is 75.9 Å². The van der Waals surface area contributed by atoms with Crippen molar-refractivity contribution in [3.63, 3.8) is 0 Å². The van der Waals surface area contributed by atoms with Crippen LogP contribution in [0.5, 0.6) is 0 Å². The highest BCUT2D eigenvalue weighted by Crippen LogP contribution is 2.29. The molecule has 0 radical (unpaired) electrons. The number of nitrogens with one attached hydrogen (secondary N) is 2. The van der Waals surface area contributed by atoms with Gasteiger partial charge in [0, 0.05) is 10.0 Å². The molecule has 1 amide bonds. The summed E-state index contributed by atoms with van der Waals surface area (Å²) in [4.78, 5) is 12.6. The van der Waals surface area contributed by atoms with Crippen LogP contribution in [0.1, 0.15) is 40.5 Å². The van der Waals surface area contributed by atoms with Crippen LogP contribution in [0.3, 0.4) is 0 Å². The van der Waals surface area contributed by atoms with Crippen molar-refractivity contribution in [2.24, 2.45) is 0 Å². The molecule has 2 N–H and O–H groups in total. The monoisotopic (exact) mass is 395 g/mol. The van der Waals surface area contributed by atoms with Gasteiger partial charge in [-0.3, -0.25) is 9.89 Å². The Morgan fingerprint density at radius 1 is 1.16 bits per heavy atom. The summed E-state index contributed by atoms with van der Waals surface area (Å²) in [6.07, 6.45) is 3.14. The molecule has 1 aliphatic rings. The second-order valence-corrected chi connectivity index (χ2v) is 7.21. The maximum atomic E-state index is 12.6. The summed E-state index contributed by atoms with van der Waals surface area (Å²) in [6.45, 7) is 0. The number of rotatable bonds is 3. The zero-order chi connectivity index (χ0) is 17.2. The number of halogens is 1. The molecule has 0 bridgehead atoms. The van der Waals surface area contributed by atoms with E-state index in [1.54, 1.807) is 6.07 Å². The molecule has 2 aromatic carbocycles. The van der Waals surface area contributed by atoms with Gasteiger partial charge in [0.25, 0.3) is 5.91 Å². The first-order valence-corrected chi connectivity index (χ1v) is 9.20. The summed E-state index contributed by atoms with van der Waals surface area (Å²) >= 11 is 3.42. The third kappa shape index (κ3) is 3.37. The van der Waals surface area contributed by atoms with Crippen LogP contribution >= 0.6 is 15.9 Å².